The van der Waals surface area contributed by atoms with Crippen molar-refractivity contribution >= 4 is 5.78 Å². The summed E-state index contributed by atoms with van der Waals surface area (Å²) in [5, 5.41) is 0. The van der Waals surface area contributed by atoms with Gasteiger partial charge >= 0.3 is 0 Å². The normalized spacial score (nSPS) is 47.6. The van der Waals surface area contributed by atoms with Gasteiger partial charge in [-0.05, 0) is 87.0 Å². The van der Waals surface area contributed by atoms with Gasteiger partial charge < -0.3 is 0 Å². The van der Waals surface area contributed by atoms with Gasteiger partial charge in [-0.2, -0.15) is 0 Å². The molecule has 1 nitrogen and oxygen atoms in total. The largest absolute Gasteiger partial charge is 0.295 e. The molecule has 0 aromatic rings. The Morgan fingerprint density at radius 1 is 1.10 bits per heavy atom. The number of hydrogen-bond donors (Lipinski definition) is 0. The Hall–Kier alpha value is -0.850. The van der Waals surface area contributed by atoms with Crippen molar-refractivity contribution in [1.82, 2.24) is 0 Å². The number of ketones is 1. The number of carbonyl (C=O) groups excluding carboxylic acids is 1. The first kappa shape index (κ1) is 13.8. The number of rotatable bonds is 0. The van der Waals surface area contributed by atoms with Gasteiger partial charge in [0.2, 0.25) is 0 Å². The van der Waals surface area contributed by atoms with Crippen LogP contribution in [0.3, 0.4) is 0 Å². The van der Waals surface area contributed by atoms with Gasteiger partial charge in [0.1, 0.15) is 0 Å². The number of carbonyl (C=O) groups is 1. The summed E-state index contributed by atoms with van der Waals surface area (Å²) in [4.78, 5) is 11.7. The molecule has 0 amide bonds. The van der Waals surface area contributed by atoms with E-state index in [9.17, 15) is 4.79 Å². The molecule has 4 aliphatic carbocycles. The molecule has 0 aromatic heterocycles. The van der Waals surface area contributed by atoms with Gasteiger partial charge in [-0.25, -0.2) is 0 Å². The zero-order valence-corrected chi connectivity index (χ0v) is 13.5. The van der Waals surface area contributed by atoms with Gasteiger partial charge in [0, 0.05) is 6.42 Å². The molecule has 4 unspecified atom stereocenters. The topological polar surface area (TPSA) is 17.1 Å². The Balaban J connectivity index is 1.64. The van der Waals surface area contributed by atoms with Crippen LogP contribution in [0.1, 0.15) is 65.2 Å². The summed E-state index contributed by atoms with van der Waals surface area (Å²) in [7, 11) is 0. The van der Waals surface area contributed by atoms with Crippen LogP contribution in [0.15, 0.2) is 23.3 Å². The van der Waals surface area contributed by atoms with Gasteiger partial charge in [0.25, 0.3) is 0 Å². The lowest BCUT2D eigenvalue weighted by atomic mass is 9.52. The first-order valence-corrected chi connectivity index (χ1v) is 9.02. The Bertz CT molecular complexity index is 526. The molecule has 0 heterocycles. The van der Waals surface area contributed by atoms with Gasteiger partial charge in [-0.3, -0.25) is 4.79 Å². The maximum absolute atomic E-state index is 11.7. The minimum Gasteiger partial charge on any atom is -0.295 e. The fourth-order valence-corrected chi connectivity index (χ4v) is 6.50. The molecule has 4 rings (SSSR count). The Morgan fingerprint density at radius 2 is 1.95 bits per heavy atom. The molecule has 1 heteroatoms. The van der Waals surface area contributed by atoms with E-state index >= 15 is 0 Å². The summed E-state index contributed by atoms with van der Waals surface area (Å²) >= 11 is 0. The van der Waals surface area contributed by atoms with E-state index in [2.05, 4.69) is 19.9 Å². The lowest BCUT2D eigenvalue weighted by molar-refractivity contribution is -0.115. The zero-order chi connectivity index (χ0) is 14.6. The molecule has 0 saturated heterocycles. The molecular formula is C20H28O. The second-order valence-electron chi connectivity index (χ2n) is 8.11. The molecule has 0 aromatic carbocycles. The molecule has 0 spiro atoms. The third-order valence-corrected chi connectivity index (χ3v) is 7.50. The lowest BCUT2D eigenvalue weighted by Crippen LogP contribution is -2.45. The van der Waals surface area contributed by atoms with Crippen LogP contribution in [0, 0.1) is 29.1 Å². The standard InChI is InChI=1S/C20H28O/c1-3-14-5-9-19-18-7-4-13-12-15(21)6-8-16(13)17(18)10-11-20(14,19)2/h3,12,16-19H,4-11H2,1-2H3/b14-3+/t16?,17?,18?,19?,20-/m0/s1. The highest BCUT2D eigenvalue weighted by Crippen LogP contribution is 2.63. The van der Waals surface area contributed by atoms with E-state index < -0.39 is 0 Å². The van der Waals surface area contributed by atoms with E-state index in [0.717, 1.165) is 36.5 Å². The minimum absolute atomic E-state index is 0.386. The van der Waals surface area contributed by atoms with Crippen molar-refractivity contribution in [3.8, 4) is 0 Å². The van der Waals surface area contributed by atoms with E-state index in [1.54, 1.807) is 5.57 Å². The van der Waals surface area contributed by atoms with Gasteiger partial charge in [-0.1, -0.05) is 24.1 Å². The van der Waals surface area contributed by atoms with Crippen LogP contribution >= 0.6 is 0 Å². The van der Waals surface area contributed by atoms with E-state index in [-0.39, 0.29) is 0 Å². The molecule has 0 radical (unpaired) electrons. The van der Waals surface area contributed by atoms with Crippen molar-refractivity contribution in [1.29, 1.82) is 0 Å². The van der Waals surface area contributed by atoms with Crippen molar-refractivity contribution in [2.45, 2.75) is 65.2 Å². The summed E-state index contributed by atoms with van der Waals surface area (Å²) < 4.78 is 0. The summed E-state index contributed by atoms with van der Waals surface area (Å²) in [6.07, 6.45) is 14.5. The first-order valence-electron chi connectivity index (χ1n) is 9.02. The van der Waals surface area contributed by atoms with Gasteiger partial charge in [-0.15, -0.1) is 0 Å². The third-order valence-electron chi connectivity index (χ3n) is 7.50. The average Bonchev–Trinajstić information content (AvgIpc) is 2.83. The lowest BCUT2D eigenvalue weighted by Gasteiger charge is -2.53. The molecule has 4 aliphatic rings. The van der Waals surface area contributed by atoms with Crippen LogP contribution in [0.2, 0.25) is 0 Å². The van der Waals surface area contributed by atoms with Crippen LogP contribution in [0.4, 0.5) is 0 Å². The van der Waals surface area contributed by atoms with Crippen LogP contribution in [-0.4, -0.2) is 5.78 Å². The predicted molar refractivity (Wildman–Crippen MR) is 85.9 cm³/mol. The maximum Gasteiger partial charge on any atom is 0.155 e. The Labute approximate surface area is 128 Å². The van der Waals surface area contributed by atoms with Crippen molar-refractivity contribution in [3.05, 3.63) is 23.3 Å². The maximum atomic E-state index is 11.7. The highest BCUT2D eigenvalue weighted by molar-refractivity contribution is 5.91. The van der Waals surface area contributed by atoms with E-state index in [4.69, 9.17) is 0 Å². The van der Waals surface area contributed by atoms with Crippen molar-refractivity contribution in [3.63, 3.8) is 0 Å². The van der Waals surface area contributed by atoms with Crippen molar-refractivity contribution in [2.75, 3.05) is 0 Å². The fraction of sp³-hybridized carbons (Fsp3) is 0.750. The van der Waals surface area contributed by atoms with Crippen molar-refractivity contribution < 1.29 is 4.79 Å². The number of fused-ring (bicyclic) bond motifs is 5. The predicted octanol–water partition coefficient (Wildman–Crippen LogP) is 5.07. The fourth-order valence-electron chi connectivity index (χ4n) is 6.50. The molecule has 0 N–H and O–H groups in total. The monoisotopic (exact) mass is 284 g/mol. The van der Waals surface area contributed by atoms with Crippen LogP contribution in [0.25, 0.3) is 0 Å². The van der Waals surface area contributed by atoms with E-state index in [0.29, 0.717) is 11.2 Å². The van der Waals surface area contributed by atoms with Crippen LogP contribution in [0.5, 0.6) is 0 Å². The highest BCUT2D eigenvalue weighted by Gasteiger charge is 2.53. The second kappa shape index (κ2) is 4.83. The number of allylic oxidation sites excluding steroid dienone is 3. The van der Waals surface area contributed by atoms with E-state index in [1.807, 2.05) is 6.08 Å². The molecular weight excluding hydrogens is 256 g/mol. The minimum atomic E-state index is 0.386. The van der Waals surface area contributed by atoms with Crippen LogP contribution in [-0.2, 0) is 4.79 Å². The Morgan fingerprint density at radius 3 is 2.76 bits per heavy atom. The second-order valence-corrected chi connectivity index (χ2v) is 8.11. The molecule has 114 valence electrons. The van der Waals surface area contributed by atoms with Gasteiger partial charge in [0.15, 0.2) is 5.78 Å². The van der Waals surface area contributed by atoms with Gasteiger partial charge in [0.05, 0.1) is 0 Å². The zero-order valence-electron chi connectivity index (χ0n) is 13.5. The summed E-state index contributed by atoms with van der Waals surface area (Å²) in [5.41, 5.74) is 3.76. The quantitative estimate of drug-likeness (QED) is 0.567. The smallest absolute Gasteiger partial charge is 0.155 e. The molecule has 0 aliphatic heterocycles. The summed E-state index contributed by atoms with van der Waals surface area (Å²) in [6, 6.07) is 0. The first-order chi connectivity index (χ1) is 10.1. The molecule has 5 atom stereocenters. The van der Waals surface area contributed by atoms with E-state index in [1.165, 1.54) is 44.1 Å². The molecule has 0 bridgehead atoms. The highest BCUT2D eigenvalue weighted by atomic mass is 16.1. The molecule has 3 fully saturated rings. The molecule has 21 heavy (non-hydrogen) atoms. The number of hydrogen-bond acceptors (Lipinski definition) is 1. The van der Waals surface area contributed by atoms with Crippen LogP contribution < -0.4 is 0 Å². The summed E-state index contributed by atoms with van der Waals surface area (Å²) in [6.45, 7) is 4.79. The summed E-state index contributed by atoms with van der Waals surface area (Å²) in [5.74, 6) is 3.86. The average molecular weight is 284 g/mol. The van der Waals surface area contributed by atoms with Crippen molar-refractivity contribution in [2.24, 2.45) is 29.1 Å². The Kier molecular flexibility index (Phi) is 3.17. The molecule has 3 saturated carbocycles. The SMILES string of the molecule is C/C=C1\CCC2C3CCC4=CC(=O)CCC4C3CC[C@@]12C. The third kappa shape index (κ3) is 1.92.